The lowest BCUT2D eigenvalue weighted by atomic mass is 9.99. The summed E-state index contributed by atoms with van der Waals surface area (Å²) in [6.07, 6.45) is 4.15. The van der Waals surface area contributed by atoms with Gasteiger partial charge in [0.25, 0.3) is 5.56 Å². The van der Waals surface area contributed by atoms with E-state index < -0.39 is 23.5 Å². The Hall–Kier alpha value is -4.13. The molecule has 1 aliphatic rings. The minimum Gasteiger partial charge on any atom is -0.495 e. The number of anilines is 1. The van der Waals surface area contributed by atoms with Gasteiger partial charge in [0, 0.05) is 40.9 Å². The first-order valence-electron chi connectivity index (χ1n) is 12.1. The molecule has 2 heterocycles. The van der Waals surface area contributed by atoms with Crippen molar-refractivity contribution >= 4 is 29.2 Å². The molecule has 10 heteroatoms. The zero-order valence-electron chi connectivity index (χ0n) is 20.6. The van der Waals surface area contributed by atoms with Crippen molar-refractivity contribution < 1.29 is 24.2 Å². The van der Waals surface area contributed by atoms with Gasteiger partial charge in [-0.15, -0.1) is 0 Å². The van der Waals surface area contributed by atoms with Crippen molar-refractivity contribution in [1.29, 1.82) is 5.26 Å². The molecule has 4 rings (SSSR count). The monoisotopic (exact) mass is 535 g/mol. The molecule has 38 heavy (non-hydrogen) atoms. The number of nitrogens with one attached hydrogen (secondary N) is 1. The molecule has 0 spiro atoms. The Kier molecular flexibility index (Phi) is 8.46. The number of hydrogen-bond acceptors (Lipinski definition) is 6. The summed E-state index contributed by atoms with van der Waals surface area (Å²) >= 11 is 6.16. The van der Waals surface area contributed by atoms with Crippen LogP contribution < -0.4 is 15.6 Å². The van der Waals surface area contributed by atoms with Gasteiger partial charge in [-0.2, -0.15) is 5.26 Å². The van der Waals surface area contributed by atoms with Gasteiger partial charge in [-0.25, -0.2) is 4.79 Å². The number of nitriles is 1. The van der Waals surface area contributed by atoms with Crippen LogP contribution in [0.15, 0.2) is 59.5 Å². The van der Waals surface area contributed by atoms with E-state index in [1.54, 1.807) is 18.2 Å². The van der Waals surface area contributed by atoms with E-state index in [4.69, 9.17) is 26.2 Å². The van der Waals surface area contributed by atoms with Crippen LogP contribution in [0.25, 0.3) is 11.1 Å². The predicted molar refractivity (Wildman–Crippen MR) is 142 cm³/mol. The number of carboxylic acid groups (broad SMARTS) is 1. The summed E-state index contributed by atoms with van der Waals surface area (Å²) in [4.78, 5) is 38.1. The number of nitrogens with zero attached hydrogens (tertiary/aromatic N) is 2. The molecule has 196 valence electrons. The number of aromatic nitrogens is 1. The smallest absolute Gasteiger partial charge is 0.335 e. The molecule has 0 radical (unpaired) electrons. The molecular weight excluding hydrogens is 510 g/mol. The Labute approximate surface area is 224 Å². The Morgan fingerprint density at radius 1 is 1.21 bits per heavy atom. The van der Waals surface area contributed by atoms with Gasteiger partial charge in [0.1, 0.15) is 11.8 Å². The fourth-order valence-corrected chi connectivity index (χ4v) is 4.67. The van der Waals surface area contributed by atoms with Crippen molar-refractivity contribution in [1.82, 2.24) is 4.57 Å². The van der Waals surface area contributed by atoms with E-state index in [1.807, 2.05) is 0 Å². The van der Waals surface area contributed by atoms with Crippen molar-refractivity contribution in [2.45, 2.75) is 37.8 Å². The zero-order valence-corrected chi connectivity index (χ0v) is 21.4. The number of hydrogen-bond donors (Lipinski definition) is 2. The van der Waals surface area contributed by atoms with Gasteiger partial charge in [-0.05, 0) is 61.7 Å². The van der Waals surface area contributed by atoms with Crippen LogP contribution in [-0.2, 0) is 9.53 Å². The number of rotatable bonds is 8. The number of ether oxygens (including phenoxy) is 2. The van der Waals surface area contributed by atoms with Gasteiger partial charge in [-0.3, -0.25) is 14.2 Å². The molecule has 9 nitrogen and oxygen atoms in total. The Bertz CT molecular complexity index is 1440. The van der Waals surface area contributed by atoms with Crippen molar-refractivity contribution in [3.05, 3.63) is 81.2 Å². The standard InChI is InChI=1S/C28H26ClN3O6/c1-37-25-16-32(26(33)14-23(25)22-12-19(29)8-5-18(22)15-30)24(13-21-4-2-3-11-38-21)27(34)31-20-9-6-17(7-10-20)28(35)36/h5-10,12,14,16,21,24H,2-4,11,13H2,1H3,(H,31,34)(H,35,36)/t21-,24+/m1/s1. The van der Waals surface area contributed by atoms with Crippen LogP contribution in [-0.4, -0.2) is 41.4 Å². The van der Waals surface area contributed by atoms with E-state index in [9.17, 15) is 19.6 Å². The number of pyridine rings is 1. The van der Waals surface area contributed by atoms with Gasteiger partial charge in [0.05, 0.1) is 36.6 Å². The molecule has 0 saturated carbocycles. The maximum atomic E-state index is 13.5. The lowest BCUT2D eigenvalue weighted by molar-refractivity contribution is -0.121. The fourth-order valence-electron chi connectivity index (χ4n) is 4.49. The topological polar surface area (TPSA) is 131 Å². The Balaban J connectivity index is 1.73. The predicted octanol–water partition coefficient (Wildman–Crippen LogP) is 4.89. The number of amides is 1. The van der Waals surface area contributed by atoms with Crippen molar-refractivity contribution in [2.75, 3.05) is 19.0 Å². The molecule has 3 aromatic rings. The van der Waals surface area contributed by atoms with Crippen molar-refractivity contribution in [3.8, 4) is 22.9 Å². The SMILES string of the molecule is COc1cn([C@@H](C[C@H]2CCCCO2)C(=O)Nc2ccc(C(=O)O)cc2)c(=O)cc1-c1cc(Cl)ccc1C#N. The van der Waals surface area contributed by atoms with E-state index in [0.29, 0.717) is 34.0 Å². The second kappa shape index (κ2) is 11.9. The molecular formula is C28H26ClN3O6. The quantitative estimate of drug-likeness (QED) is 0.420. The second-order valence-corrected chi connectivity index (χ2v) is 9.35. The van der Waals surface area contributed by atoms with Crippen LogP contribution in [0.3, 0.4) is 0 Å². The average Bonchev–Trinajstić information content (AvgIpc) is 2.92. The number of aromatic carboxylic acids is 1. The lowest BCUT2D eigenvalue weighted by Crippen LogP contribution is -2.36. The molecule has 2 N–H and O–H groups in total. The third-order valence-corrected chi connectivity index (χ3v) is 6.69. The number of methoxy groups -OCH3 is 1. The van der Waals surface area contributed by atoms with Crippen LogP contribution in [0.2, 0.25) is 5.02 Å². The van der Waals surface area contributed by atoms with Gasteiger partial charge >= 0.3 is 5.97 Å². The van der Waals surface area contributed by atoms with Crippen LogP contribution >= 0.6 is 11.6 Å². The molecule has 0 aliphatic carbocycles. The fraction of sp³-hybridized carbons (Fsp3) is 0.286. The third-order valence-electron chi connectivity index (χ3n) is 6.45. The van der Waals surface area contributed by atoms with Crippen molar-refractivity contribution in [2.24, 2.45) is 0 Å². The molecule has 1 fully saturated rings. The van der Waals surface area contributed by atoms with Gasteiger partial charge < -0.3 is 19.9 Å². The highest BCUT2D eigenvalue weighted by Gasteiger charge is 2.29. The molecule has 2 aromatic carbocycles. The van der Waals surface area contributed by atoms with Crippen LogP contribution in [0.5, 0.6) is 5.75 Å². The van der Waals surface area contributed by atoms with E-state index in [2.05, 4.69) is 11.4 Å². The van der Waals surface area contributed by atoms with Crippen molar-refractivity contribution in [3.63, 3.8) is 0 Å². The first kappa shape index (κ1) is 26.9. The number of benzene rings is 2. The highest BCUT2D eigenvalue weighted by atomic mass is 35.5. The van der Waals surface area contributed by atoms with E-state index in [-0.39, 0.29) is 23.8 Å². The third kappa shape index (κ3) is 6.05. The molecule has 1 aliphatic heterocycles. The van der Waals surface area contributed by atoms with Gasteiger partial charge in [-0.1, -0.05) is 11.6 Å². The number of carboxylic acids is 1. The number of carbonyl (C=O) groups excluding carboxylic acids is 1. The maximum absolute atomic E-state index is 13.5. The minimum absolute atomic E-state index is 0.0875. The summed E-state index contributed by atoms with van der Waals surface area (Å²) in [5.41, 5.74) is 1.15. The summed E-state index contributed by atoms with van der Waals surface area (Å²) in [6, 6.07) is 13.0. The van der Waals surface area contributed by atoms with Crippen LogP contribution in [0.1, 0.15) is 47.6 Å². The number of halogens is 1. The van der Waals surface area contributed by atoms with Crippen LogP contribution in [0.4, 0.5) is 5.69 Å². The summed E-state index contributed by atoms with van der Waals surface area (Å²) in [7, 11) is 1.44. The Morgan fingerprint density at radius 2 is 1.97 bits per heavy atom. The summed E-state index contributed by atoms with van der Waals surface area (Å²) in [5.74, 6) is -1.25. The Morgan fingerprint density at radius 3 is 2.61 bits per heavy atom. The summed E-state index contributed by atoms with van der Waals surface area (Å²) in [5, 5.41) is 21.9. The summed E-state index contributed by atoms with van der Waals surface area (Å²) < 4.78 is 12.7. The molecule has 1 saturated heterocycles. The molecule has 1 amide bonds. The maximum Gasteiger partial charge on any atom is 0.335 e. The lowest BCUT2D eigenvalue weighted by Gasteiger charge is -2.28. The molecule has 1 aromatic heterocycles. The first-order chi connectivity index (χ1) is 18.3. The largest absolute Gasteiger partial charge is 0.495 e. The van der Waals surface area contributed by atoms with Crippen LogP contribution in [0, 0.1) is 11.3 Å². The van der Waals surface area contributed by atoms with E-state index in [0.717, 1.165) is 19.3 Å². The van der Waals surface area contributed by atoms with E-state index >= 15 is 0 Å². The van der Waals surface area contributed by atoms with E-state index in [1.165, 1.54) is 48.2 Å². The van der Waals surface area contributed by atoms with Gasteiger partial charge in [0.2, 0.25) is 5.91 Å². The average molecular weight is 536 g/mol. The minimum atomic E-state index is -1.08. The zero-order chi connectivity index (χ0) is 27.2. The number of carbonyl (C=O) groups is 2. The highest BCUT2D eigenvalue weighted by Crippen LogP contribution is 2.34. The molecule has 0 bridgehead atoms. The first-order valence-corrected chi connectivity index (χ1v) is 12.4. The molecule has 2 atom stereocenters. The van der Waals surface area contributed by atoms with Gasteiger partial charge in [0.15, 0.2) is 0 Å². The molecule has 0 unspecified atom stereocenters. The highest BCUT2D eigenvalue weighted by molar-refractivity contribution is 6.31. The normalized spacial score (nSPS) is 15.8. The summed E-state index contributed by atoms with van der Waals surface area (Å²) in [6.45, 7) is 0.582. The second-order valence-electron chi connectivity index (χ2n) is 8.91.